The average molecular weight is 323 g/mol. The quantitative estimate of drug-likeness (QED) is 0.881. The van der Waals surface area contributed by atoms with Crippen LogP contribution in [-0.4, -0.2) is 24.0 Å². The van der Waals surface area contributed by atoms with Gasteiger partial charge in [0.2, 0.25) is 0 Å². The molecule has 2 amide bonds. The third-order valence-electron chi connectivity index (χ3n) is 3.30. The third-order valence-corrected chi connectivity index (χ3v) is 3.83. The molecule has 1 aliphatic rings. The molecular formula is C15H19BrN2O. The summed E-state index contributed by atoms with van der Waals surface area (Å²) >= 11 is 3.39. The predicted molar refractivity (Wildman–Crippen MR) is 81.7 cm³/mol. The Morgan fingerprint density at radius 3 is 2.84 bits per heavy atom. The van der Waals surface area contributed by atoms with E-state index in [9.17, 15) is 4.79 Å². The smallest absolute Gasteiger partial charge is 0.321 e. The predicted octanol–water partition coefficient (Wildman–Crippen LogP) is 3.86. The molecular weight excluding hydrogens is 304 g/mol. The lowest BCUT2D eigenvalue weighted by Crippen LogP contribution is -2.43. The van der Waals surface area contributed by atoms with Gasteiger partial charge in [0.15, 0.2) is 0 Å². The van der Waals surface area contributed by atoms with Crippen molar-refractivity contribution in [1.29, 1.82) is 0 Å². The monoisotopic (exact) mass is 322 g/mol. The van der Waals surface area contributed by atoms with Crippen LogP contribution in [0.25, 0.3) is 6.08 Å². The third kappa shape index (κ3) is 4.39. The van der Waals surface area contributed by atoms with Crippen molar-refractivity contribution in [2.45, 2.75) is 19.8 Å². The number of hydrogen-bond acceptors (Lipinski definition) is 1. The van der Waals surface area contributed by atoms with Crippen molar-refractivity contribution < 1.29 is 4.79 Å². The molecule has 19 heavy (non-hydrogen) atoms. The zero-order valence-electron chi connectivity index (χ0n) is 11.1. The minimum absolute atomic E-state index is 0.0000818. The Kier molecular flexibility index (Phi) is 5.02. The lowest BCUT2D eigenvalue weighted by molar-refractivity contribution is 0.173. The largest absolute Gasteiger partial charge is 0.324 e. The minimum Gasteiger partial charge on any atom is -0.324 e. The molecule has 0 aromatic heterocycles. The number of urea groups is 1. The molecule has 1 unspecified atom stereocenters. The number of nitrogens with one attached hydrogen (secondary N) is 1. The number of rotatable bonds is 2. The first kappa shape index (κ1) is 14.1. The van der Waals surface area contributed by atoms with Gasteiger partial charge in [-0.2, -0.15) is 0 Å². The van der Waals surface area contributed by atoms with E-state index in [0.29, 0.717) is 5.92 Å². The minimum atomic E-state index is -0.0000818. The second-order valence-corrected chi connectivity index (χ2v) is 5.94. The molecule has 2 rings (SSSR count). The summed E-state index contributed by atoms with van der Waals surface area (Å²) in [6.07, 6.45) is 5.94. The molecule has 0 bridgehead atoms. The van der Waals surface area contributed by atoms with E-state index in [2.05, 4.69) is 28.2 Å². The van der Waals surface area contributed by atoms with Gasteiger partial charge in [0.25, 0.3) is 0 Å². The first-order chi connectivity index (χ1) is 9.15. The van der Waals surface area contributed by atoms with Gasteiger partial charge in [-0.05, 0) is 42.5 Å². The van der Waals surface area contributed by atoms with Gasteiger partial charge in [-0.15, -0.1) is 0 Å². The van der Waals surface area contributed by atoms with Crippen LogP contribution in [-0.2, 0) is 0 Å². The van der Waals surface area contributed by atoms with E-state index < -0.39 is 0 Å². The molecule has 102 valence electrons. The Bertz CT molecular complexity index is 456. The van der Waals surface area contributed by atoms with Crippen LogP contribution in [0.2, 0.25) is 0 Å². The van der Waals surface area contributed by atoms with E-state index in [0.717, 1.165) is 29.5 Å². The summed E-state index contributed by atoms with van der Waals surface area (Å²) in [6.45, 7) is 3.91. The van der Waals surface area contributed by atoms with Gasteiger partial charge in [-0.1, -0.05) is 35.0 Å². The van der Waals surface area contributed by atoms with Crippen LogP contribution in [0.5, 0.6) is 0 Å². The van der Waals surface area contributed by atoms with E-state index in [1.807, 2.05) is 35.2 Å². The van der Waals surface area contributed by atoms with Crippen molar-refractivity contribution in [3.05, 3.63) is 40.5 Å². The van der Waals surface area contributed by atoms with Crippen LogP contribution in [0.15, 0.2) is 34.9 Å². The van der Waals surface area contributed by atoms with Crippen molar-refractivity contribution in [3.8, 4) is 0 Å². The zero-order valence-corrected chi connectivity index (χ0v) is 12.7. The number of nitrogens with zero attached hydrogens (tertiary/aromatic N) is 1. The second-order valence-electron chi connectivity index (χ2n) is 5.03. The lowest BCUT2D eigenvalue weighted by atomic mass is 10.0. The molecule has 0 spiro atoms. The zero-order chi connectivity index (χ0) is 13.7. The summed E-state index contributed by atoms with van der Waals surface area (Å²) in [5.41, 5.74) is 1.07. The highest BCUT2D eigenvalue weighted by Gasteiger charge is 2.19. The number of hydrogen-bond donors (Lipinski definition) is 1. The maximum absolute atomic E-state index is 11.9. The molecule has 1 aromatic carbocycles. The molecule has 1 atom stereocenters. The summed E-state index contributed by atoms with van der Waals surface area (Å²) in [5.74, 6) is 0.606. The molecule has 1 N–H and O–H groups in total. The Labute approximate surface area is 122 Å². The van der Waals surface area contributed by atoms with E-state index in [1.54, 1.807) is 6.20 Å². The van der Waals surface area contributed by atoms with Crippen LogP contribution in [0.1, 0.15) is 25.3 Å². The van der Waals surface area contributed by atoms with Crippen molar-refractivity contribution >= 4 is 28.0 Å². The summed E-state index contributed by atoms with van der Waals surface area (Å²) in [5, 5.41) is 2.83. The van der Waals surface area contributed by atoms with Crippen LogP contribution in [0, 0.1) is 5.92 Å². The first-order valence-electron chi connectivity index (χ1n) is 6.63. The second kappa shape index (κ2) is 6.75. The maximum atomic E-state index is 11.9. The summed E-state index contributed by atoms with van der Waals surface area (Å²) in [6, 6.07) is 7.95. The fourth-order valence-electron chi connectivity index (χ4n) is 2.25. The normalized spacial score (nSPS) is 19.7. The highest BCUT2D eigenvalue weighted by Crippen LogP contribution is 2.15. The molecule has 3 nitrogen and oxygen atoms in total. The van der Waals surface area contributed by atoms with Gasteiger partial charge in [-0.25, -0.2) is 4.79 Å². The highest BCUT2D eigenvalue weighted by atomic mass is 79.9. The van der Waals surface area contributed by atoms with Crippen molar-refractivity contribution in [2.75, 3.05) is 13.1 Å². The van der Waals surface area contributed by atoms with Gasteiger partial charge in [0.05, 0.1) is 0 Å². The molecule has 4 heteroatoms. The van der Waals surface area contributed by atoms with E-state index >= 15 is 0 Å². The standard InChI is InChI=1S/C15H19BrN2O/c1-12-3-2-10-18(11-12)15(19)17-9-8-13-4-6-14(16)7-5-13/h4-9,12H,2-3,10-11H2,1H3,(H,17,19)/b9-8+. The molecule has 1 saturated heterocycles. The van der Waals surface area contributed by atoms with Crippen LogP contribution in [0.3, 0.4) is 0 Å². The van der Waals surface area contributed by atoms with Gasteiger partial charge >= 0.3 is 6.03 Å². The Balaban J connectivity index is 1.84. The van der Waals surface area contributed by atoms with Crippen molar-refractivity contribution in [2.24, 2.45) is 5.92 Å². The van der Waals surface area contributed by atoms with Crippen LogP contribution in [0.4, 0.5) is 4.79 Å². The molecule has 1 aromatic rings. The molecule has 0 aliphatic carbocycles. The summed E-state index contributed by atoms with van der Waals surface area (Å²) in [7, 11) is 0. The SMILES string of the molecule is CC1CCCN(C(=O)N/C=C/c2ccc(Br)cc2)C1. The van der Waals surface area contributed by atoms with E-state index in [-0.39, 0.29) is 6.03 Å². The molecule has 0 saturated carbocycles. The van der Waals surface area contributed by atoms with Gasteiger partial charge in [0, 0.05) is 23.8 Å². The maximum Gasteiger partial charge on any atom is 0.321 e. The summed E-state index contributed by atoms with van der Waals surface area (Å²) in [4.78, 5) is 13.8. The van der Waals surface area contributed by atoms with Crippen LogP contribution < -0.4 is 5.32 Å². The fraction of sp³-hybridized carbons (Fsp3) is 0.400. The number of likely N-dealkylation sites (tertiary alicyclic amines) is 1. The molecule has 1 fully saturated rings. The van der Waals surface area contributed by atoms with Gasteiger partial charge in [-0.3, -0.25) is 0 Å². The number of amides is 2. The average Bonchev–Trinajstić information content (AvgIpc) is 2.41. The first-order valence-corrected chi connectivity index (χ1v) is 7.42. The number of carbonyl (C=O) groups excluding carboxylic acids is 1. The molecule has 1 heterocycles. The topological polar surface area (TPSA) is 32.3 Å². The molecule has 1 aliphatic heterocycles. The Hall–Kier alpha value is -1.29. The lowest BCUT2D eigenvalue weighted by Gasteiger charge is -2.30. The van der Waals surface area contributed by atoms with Gasteiger partial charge in [0.1, 0.15) is 0 Å². The number of carbonyl (C=O) groups is 1. The number of benzene rings is 1. The van der Waals surface area contributed by atoms with E-state index in [4.69, 9.17) is 0 Å². The van der Waals surface area contributed by atoms with Crippen molar-refractivity contribution in [3.63, 3.8) is 0 Å². The summed E-state index contributed by atoms with van der Waals surface area (Å²) < 4.78 is 1.05. The molecule has 0 radical (unpaired) electrons. The Morgan fingerprint density at radius 2 is 2.16 bits per heavy atom. The van der Waals surface area contributed by atoms with Crippen LogP contribution >= 0.6 is 15.9 Å². The Morgan fingerprint density at radius 1 is 1.42 bits per heavy atom. The van der Waals surface area contributed by atoms with E-state index in [1.165, 1.54) is 6.42 Å². The fourth-order valence-corrected chi connectivity index (χ4v) is 2.51. The van der Waals surface area contributed by atoms with Gasteiger partial charge < -0.3 is 10.2 Å². The number of halogens is 1. The number of piperidine rings is 1. The highest BCUT2D eigenvalue weighted by molar-refractivity contribution is 9.10. The van der Waals surface area contributed by atoms with Crippen molar-refractivity contribution in [1.82, 2.24) is 10.2 Å².